The minimum absolute atomic E-state index is 0.0511. The summed E-state index contributed by atoms with van der Waals surface area (Å²) in [6.07, 6.45) is 1.16. The lowest BCUT2D eigenvalue weighted by Gasteiger charge is -2.06. The van der Waals surface area contributed by atoms with E-state index in [9.17, 15) is 17.6 Å². The first kappa shape index (κ1) is 16.2. The van der Waals surface area contributed by atoms with Crippen molar-refractivity contribution in [2.45, 2.75) is 12.3 Å². The van der Waals surface area contributed by atoms with Gasteiger partial charge in [0.05, 0.1) is 5.75 Å². The average molecular weight is 321 g/mol. The number of benzene rings is 2. The van der Waals surface area contributed by atoms with Gasteiger partial charge in [0.15, 0.2) is 9.84 Å². The maximum Gasteiger partial charge on any atom is 0.251 e. The van der Waals surface area contributed by atoms with Crippen LogP contribution in [-0.2, 0) is 22.1 Å². The molecule has 0 bridgehead atoms. The molecule has 0 atom stereocenters. The van der Waals surface area contributed by atoms with E-state index in [2.05, 4.69) is 5.32 Å². The fourth-order valence-electron chi connectivity index (χ4n) is 1.94. The van der Waals surface area contributed by atoms with Crippen molar-refractivity contribution in [2.24, 2.45) is 0 Å². The number of hydrogen-bond acceptors (Lipinski definition) is 3. The van der Waals surface area contributed by atoms with E-state index in [1.54, 1.807) is 36.4 Å². The summed E-state index contributed by atoms with van der Waals surface area (Å²) in [7, 11) is -3.09. The molecule has 0 aliphatic carbocycles. The van der Waals surface area contributed by atoms with E-state index >= 15 is 0 Å². The summed E-state index contributed by atoms with van der Waals surface area (Å²) in [5, 5.41) is 2.72. The first-order chi connectivity index (χ1) is 10.3. The topological polar surface area (TPSA) is 63.2 Å². The molecule has 1 amide bonds. The van der Waals surface area contributed by atoms with E-state index in [-0.39, 0.29) is 17.5 Å². The van der Waals surface area contributed by atoms with Gasteiger partial charge in [0.1, 0.15) is 5.82 Å². The summed E-state index contributed by atoms with van der Waals surface area (Å²) < 4.78 is 35.2. The Labute approximate surface area is 128 Å². The van der Waals surface area contributed by atoms with Crippen molar-refractivity contribution in [1.29, 1.82) is 0 Å². The molecule has 0 fully saturated rings. The van der Waals surface area contributed by atoms with Crippen LogP contribution in [0.4, 0.5) is 4.39 Å². The van der Waals surface area contributed by atoms with Crippen LogP contribution in [0.5, 0.6) is 0 Å². The molecule has 0 saturated carbocycles. The maximum absolute atomic E-state index is 12.8. The van der Waals surface area contributed by atoms with Crippen molar-refractivity contribution in [2.75, 3.05) is 6.26 Å². The van der Waals surface area contributed by atoms with Gasteiger partial charge in [0.25, 0.3) is 5.91 Å². The third kappa shape index (κ3) is 4.96. The highest BCUT2D eigenvalue weighted by molar-refractivity contribution is 7.89. The van der Waals surface area contributed by atoms with Crippen LogP contribution in [0.15, 0.2) is 48.5 Å². The van der Waals surface area contributed by atoms with Gasteiger partial charge in [-0.15, -0.1) is 0 Å². The molecular formula is C16H16FNO3S. The number of hydrogen-bond donors (Lipinski definition) is 1. The van der Waals surface area contributed by atoms with Crippen LogP contribution in [0.2, 0.25) is 0 Å². The van der Waals surface area contributed by atoms with Crippen molar-refractivity contribution in [3.63, 3.8) is 0 Å². The highest BCUT2D eigenvalue weighted by Crippen LogP contribution is 2.08. The van der Waals surface area contributed by atoms with Crippen molar-refractivity contribution in [3.05, 3.63) is 71.0 Å². The predicted molar refractivity (Wildman–Crippen MR) is 82.6 cm³/mol. The fraction of sp³-hybridized carbons (Fsp3) is 0.188. The lowest BCUT2D eigenvalue weighted by molar-refractivity contribution is 0.0951. The van der Waals surface area contributed by atoms with Crippen molar-refractivity contribution < 1.29 is 17.6 Å². The molecule has 0 heterocycles. The second-order valence-corrected chi connectivity index (χ2v) is 7.22. The fourth-order valence-corrected chi connectivity index (χ4v) is 2.74. The number of nitrogens with one attached hydrogen (secondary N) is 1. The molecule has 0 aromatic heterocycles. The van der Waals surface area contributed by atoms with Crippen LogP contribution in [0, 0.1) is 5.82 Å². The molecule has 0 radical (unpaired) electrons. The standard InChI is InChI=1S/C16H16FNO3S/c1-22(20,21)11-13-2-6-14(7-3-13)16(19)18-10-12-4-8-15(17)9-5-12/h2-9H,10-11H2,1H3,(H,18,19). The molecule has 0 unspecified atom stereocenters. The zero-order valence-corrected chi connectivity index (χ0v) is 12.9. The van der Waals surface area contributed by atoms with E-state index < -0.39 is 9.84 Å². The Morgan fingerprint density at radius 1 is 1.00 bits per heavy atom. The normalized spacial score (nSPS) is 11.2. The second-order valence-electron chi connectivity index (χ2n) is 5.08. The Balaban J connectivity index is 1.96. The first-order valence-corrected chi connectivity index (χ1v) is 8.69. The van der Waals surface area contributed by atoms with E-state index in [0.29, 0.717) is 17.7 Å². The zero-order chi connectivity index (χ0) is 16.2. The predicted octanol–water partition coefficient (Wildman–Crippen LogP) is 2.30. The molecule has 2 aromatic carbocycles. The van der Waals surface area contributed by atoms with Gasteiger partial charge in [-0.2, -0.15) is 0 Å². The van der Waals surface area contributed by atoms with Gasteiger partial charge in [0, 0.05) is 18.4 Å². The number of sulfone groups is 1. The molecule has 0 spiro atoms. The molecule has 0 saturated heterocycles. The third-order valence-electron chi connectivity index (χ3n) is 3.01. The van der Waals surface area contributed by atoms with Crippen molar-refractivity contribution in [3.8, 4) is 0 Å². The van der Waals surface area contributed by atoms with Gasteiger partial charge >= 0.3 is 0 Å². The van der Waals surface area contributed by atoms with Crippen molar-refractivity contribution >= 4 is 15.7 Å². The molecule has 2 aromatic rings. The minimum atomic E-state index is -3.09. The summed E-state index contributed by atoms with van der Waals surface area (Å²) in [6, 6.07) is 12.3. The van der Waals surface area contributed by atoms with Crippen LogP contribution in [-0.4, -0.2) is 20.6 Å². The zero-order valence-electron chi connectivity index (χ0n) is 12.0. The Hall–Kier alpha value is -2.21. The van der Waals surface area contributed by atoms with E-state index in [0.717, 1.165) is 11.8 Å². The summed E-state index contributed by atoms with van der Waals surface area (Å²) in [5.74, 6) is -0.642. The Morgan fingerprint density at radius 3 is 2.09 bits per heavy atom. The lowest BCUT2D eigenvalue weighted by Crippen LogP contribution is -2.22. The van der Waals surface area contributed by atoms with Gasteiger partial charge in [-0.1, -0.05) is 24.3 Å². The van der Waals surface area contributed by atoms with Crippen LogP contribution in [0.1, 0.15) is 21.5 Å². The summed E-state index contributed by atoms with van der Waals surface area (Å²) in [6.45, 7) is 0.296. The Bertz CT molecular complexity index is 753. The largest absolute Gasteiger partial charge is 0.348 e. The van der Waals surface area contributed by atoms with E-state index in [1.165, 1.54) is 12.1 Å². The van der Waals surface area contributed by atoms with E-state index in [4.69, 9.17) is 0 Å². The summed E-state index contributed by atoms with van der Waals surface area (Å²) in [4.78, 5) is 12.0. The molecule has 2 rings (SSSR count). The van der Waals surface area contributed by atoms with E-state index in [1.807, 2.05) is 0 Å². The number of carbonyl (C=O) groups is 1. The van der Waals surface area contributed by atoms with Crippen molar-refractivity contribution in [1.82, 2.24) is 5.32 Å². The first-order valence-electron chi connectivity index (χ1n) is 6.63. The highest BCUT2D eigenvalue weighted by Gasteiger charge is 2.08. The Kier molecular flexibility index (Phi) is 4.92. The van der Waals surface area contributed by atoms with Gasteiger partial charge in [-0.3, -0.25) is 4.79 Å². The summed E-state index contributed by atoms with van der Waals surface area (Å²) >= 11 is 0. The van der Waals surface area contributed by atoms with Gasteiger partial charge < -0.3 is 5.32 Å². The smallest absolute Gasteiger partial charge is 0.251 e. The van der Waals surface area contributed by atoms with Crippen LogP contribution >= 0.6 is 0 Å². The molecular weight excluding hydrogens is 305 g/mol. The van der Waals surface area contributed by atoms with Crippen LogP contribution < -0.4 is 5.32 Å². The molecule has 6 heteroatoms. The molecule has 1 N–H and O–H groups in total. The molecule has 0 aliphatic rings. The number of carbonyl (C=O) groups excluding carboxylic acids is 1. The highest BCUT2D eigenvalue weighted by atomic mass is 32.2. The van der Waals surface area contributed by atoms with Gasteiger partial charge in [-0.05, 0) is 35.4 Å². The minimum Gasteiger partial charge on any atom is -0.348 e. The van der Waals surface area contributed by atoms with Gasteiger partial charge in [-0.25, -0.2) is 12.8 Å². The molecule has 116 valence electrons. The van der Waals surface area contributed by atoms with Crippen LogP contribution in [0.25, 0.3) is 0 Å². The number of amides is 1. The molecule has 4 nitrogen and oxygen atoms in total. The lowest BCUT2D eigenvalue weighted by atomic mass is 10.1. The number of halogens is 1. The second kappa shape index (κ2) is 6.70. The maximum atomic E-state index is 12.8. The molecule has 0 aliphatic heterocycles. The summed E-state index contributed by atoms with van der Waals surface area (Å²) in [5.41, 5.74) is 1.88. The third-order valence-corrected chi connectivity index (χ3v) is 3.87. The number of rotatable bonds is 5. The monoisotopic (exact) mass is 321 g/mol. The van der Waals surface area contributed by atoms with Gasteiger partial charge in [0.2, 0.25) is 0 Å². The van der Waals surface area contributed by atoms with Crippen LogP contribution in [0.3, 0.4) is 0 Å². The molecule has 22 heavy (non-hydrogen) atoms. The average Bonchev–Trinajstić information content (AvgIpc) is 2.45. The Morgan fingerprint density at radius 2 is 1.55 bits per heavy atom. The quantitative estimate of drug-likeness (QED) is 0.919. The SMILES string of the molecule is CS(=O)(=O)Cc1ccc(C(=O)NCc2ccc(F)cc2)cc1.